The Balaban J connectivity index is 1.40. The summed E-state index contributed by atoms with van der Waals surface area (Å²) in [5.74, 6) is -13.3. The van der Waals surface area contributed by atoms with Crippen LogP contribution < -0.4 is 4.74 Å². The van der Waals surface area contributed by atoms with Crippen LogP contribution in [0.3, 0.4) is 0 Å². The van der Waals surface area contributed by atoms with Crippen molar-refractivity contribution in [1.82, 2.24) is 4.90 Å². The summed E-state index contributed by atoms with van der Waals surface area (Å²) < 4.78 is 91.5. The number of likely N-dealkylation sites (tertiary alicyclic amines) is 1. The number of esters is 1. The van der Waals surface area contributed by atoms with Gasteiger partial charge in [-0.1, -0.05) is 6.92 Å². The largest absolute Gasteiger partial charge is 0.420 e. The summed E-state index contributed by atoms with van der Waals surface area (Å²) in [6.45, 7) is 5.48. The first-order chi connectivity index (χ1) is 17.7. The number of amides is 1. The molecule has 1 fully saturated rings. The number of carbonyl (C=O) groups is 2. The lowest BCUT2D eigenvalue weighted by Crippen LogP contribution is -2.38. The van der Waals surface area contributed by atoms with Gasteiger partial charge in [-0.05, 0) is 18.8 Å². The molecular weight excluding hydrogens is 509 g/mol. The maximum atomic E-state index is 13.5. The highest BCUT2D eigenvalue weighted by molar-refractivity contribution is 5.76. The molecule has 1 aromatic rings. The molecule has 210 valence electrons. The van der Waals surface area contributed by atoms with Gasteiger partial charge in [0.25, 0.3) is 0 Å². The molecule has 0 bridgehead atoms. The zero-order valence-electron chi connectivity index (χ0n) is 20.7. The van der Waals surface area contributed by atoms with Gasteiger partial charge in [0.05, 0.1) is 65.7 Å². The molecular formula is C24H32F5NO7. The van der Waals surface area contributed by atoms with Crippen LogP contribution in [0.25, 0.3) is 0 Å². The standard InChI is InChI=1S/C24H32F5NO7/c1-16-2-6-30(7-3-16)17(31)4-8-33-10-12-35-14-15-36-13-11-34-9-5-18(32)37-24-22(28)20(26)19(25)21(27)23(24)29/h16H,2-15H2,1H3. The van der Waals surface area contributed by atoms with Crippen molar-refractivity contribution >= 4 is 11.9 Å². The van der Waals surface area contributed by atoms with Crippen LogP contribution in [0.5, 0.6) is 5.75 Å². The molecule has 2 rings (SSSR count). The number of piperidine rings is 1. The van der Waals surface area contributed by atoms with Crippen molar-refractivity contribution in [1.29, 1.82) is 0 Å². The normalized spacial score (nSPS) is 14.3. The van der Waals surface area contributed by atoms with Crippen LogP contribution in [0.1, 0.15) is 32.6 Å². The maximum Gasteiger partial charge on any atom is 0.313 e. The van der Waals surface area contributed by atoms with E-state index in [4.69, 9.17) is 18.9 Å². The molecule has 0 saturated carbocycles. The van der Waals surface area contributed by atoms with Crippen molar-refractivity contribution in [3.63, 3.8) is 0 Å². The van der Waals surface area contributed by atoms with Crippen molar-refractivity contribution in [2.45, 2.75) is 32.6 Å². The number of hydrogen-bond acceptors (Lipinski definition) is 7. The van der Waals surface area contributed by atoms with E-state index < -0.39 is 47.2 Å². The number of benzene rings is 1. The maximum absolute atomic E-state index is 13.5. The SMILES string of the molecule is CC1CCN(C(=O)CCOCCOCCOCCOCCC(=O)Oc2c(F)c(F)c(F)c(F)c2F)CC1. The monoisotopic (exact) mass is 541 g/mol. The first kappa shape index (κ1) is 30.9. The predicted octanol–water partition coefficient (Wildman–Crippen LogP) is 3.39. The van der Waals surface area contributed by atoms with E-state index in [1.165, 1.54) is 0 Å². The lowest BCUT2D eigenvalue weighted by molar-refractivity contribution is -0.136. The number of ether oxygens (including phenoxy) is 5. The molecule has 1 aromatic carbocycles. The first-order valence-electron chi connectivity index (χ1n) is 12.0. The predicted molar refractivity (Wildman–Crippen MR) is 119 cm³/mol. The van der Waals surface area contributed by atoms with Gasteiger partial charge in [0, 0.05) is 13.1 Å². The zero-order valence-corrected chi connectivity index (χ0v) is 20.7. The van der Waals surface area contributed by atoms with Gasteiger partial charge < -0.3 is 28.6 Å². The van der Waals surface area contributed by atoms with E-state index in [9.17, 15) is 31.5 Å². The zero-order chi connectivity index (χ0) is 27.2. The molecule has 1 aliphatic rings. The van der Waals surface area contributed by atoms with Gasteiger partial charge in [-0.25, -0.2) is 13.2 Å². The summed E-state index contributed by atoms with van der Waals surface area (Å²) in [4.78, 5) is 25.5. The Morgan fingerprint density at radius 2 is 1.08 bits per heavy atom. The fraction of sp³-hybridized carbons (Fsp3) is 0.667. The fourth-order valence-electron chi connectivity index (χ4n) is 3.33. The topological polar surface area (TPSA) is 83.5 Å². The Morgan fingerprint density at radius 1 is 0.676 bits per heavy atom. The second-order valence-corrected chi connectivity index (χ2v) is 8.39. The van der Waals surface area contributed by atoms with Crippen LogP contribution in [-0.4, -0.2) is 82.7 Å². The Labute approximate surface area is 211 Å². The molecule has 1 amide bonds. The molecule has 13 heteroatoms. The van der Waals surface area contributed by atoms with Crippen LogP contribution in [-0.2, 0) is 28.5 Å². The Morgan fingerprint density at radius 3 is 1.57 bits per heavy atom. The Bertz CT molecular complexity index is 853. The number of carbonyl (C=O) groups excluding carboxylic acids is 2. The van der Waals surface area contributed by atoms with Gasteiger partial charge in [0.15, 0.2) is 0 Å². The minimum Gasteiger partial charge on any atom is -0.420 e. The third-order valence-electron chi connectivity index (χ3n) is 5.55. The summed E-state index contributed by atoms with van der Waals surface area (Å²) in [7, 11) is 0. The van der Waals surface area contributed by atoms with Crippen molar-refractivity contribution in [2.75, 3.05) is 65.9 Å². The Hall–Kier alpha value is -2.35. The molecule has 0 aliphatic carbocycles. The molecule has 0 aromatic heterocycles. The van der Waals surface area contributed by atoms with Crippen molar-refractivity contribution in [3.8, 4) is 5.75 Å². The number of hydrogen-bond donors (Lipinski definition) is 0. The van der Waals surface area contributed by atoms with Gasteiger partial charge in [-0.2, -0.15) is 8.78 Å². The van der Waals surface area contributed by atoms with Crippen molar-refractivity contribution in [3.05, 3.63) is 29.1 Å². The summed E-state index contributed by atoms with van der Waals surface area (Å²) in [6, 6.07) is 0. The van der Waals surface area contributed by atoms with Crippen molar-refractivity contribution in [2.24, 2.45) is 5.92 Å². The van der Waals surface area contributed by atoms with Crippen LogP contribution in [0.15, 0.2) is 0 Å². The van der Waals surface area contributed by atoms with E-state index in [1.54, 1.807) is 0 Å². The number of rotatable bonds is 16. The molecule has 1 heterocycles. The summed E-state index contributed by atoms with van der Waals surface area (Å²) in [5, 5.41) is 0. The molecule has 37 heavy (non-hydrogen) atoms. The molecule has 0 atom stereocenters. The van der Waals surface area contributed by atoms with Gasteiger partial charge in [0.1, 0.15) is 0 Å². The second kappa shape index (κ2) is 16.5. The van der Waals surface area contributed by atoms with Gasteiger partial charge >= 0.3 is 5.97 Å². The van der Waals surface area contributed by atoms with E-state index in [0.717, 1.165) is 25.9 Å². The molecule has 0 N–H and O–H groups in total. The second-order valence-electron chi connectivity index (χ2n) is 8.39. The smallest absolute Gasteiger partial charge is 0.313 e. The average Bonchev–Trinajstić information content (AvgIpc) is 2.89. The van der Waals surface area contributed by atoms with E-state index in [0.29, 0.717) is 38.8 Å². The van der Waals surface area contributed by atoms with Crippen LogP contribution in [0.4, 0.5) is 22.0 Å². The minimum atomic E-state index is -2.34. The Kier molecular flexibility index (Phi) is 13.8. The fourth-order valence-corrected chi connectivity index (χ4v) is 3.33. The van der Waals surface area contributed by atoms with E-state index in [2.05, 4.69) is 11.7 Å². The van der Waals surface area contributed by atoms with Crippen LogP contribution in [0.2, 0.25) is 0 Å². The first-order valence-corrected chi connectivity index (χ1v) is 12.0. The van der Waals surface area contributed by atoms with E-state index >= 15 is 0 Å². The van der Waals surface area contributed by atoms with Crippen LogP contribution in [0, 0.1) is 35.0 Å². The summed E-state index contributed by atoms with van der Waals surface area (Å²) >= 11 is 0. The highest BCUT2D eigenvalue weighted by Crippen LogP contribution is 2.29. The third-order valence-corrected chi connectivity index (χ3v) is 5.55. The van der Waals surface area contributed by atoms with Crippen molar-refractivity contribution < 1.29 is 55.2 Å². The summed E-state index contributed by atoms with van der Waals surface area (Å²) in [5.41, 5.74) is 0. The molecule has 8 nitrogen and oxygen atoms in total. The highest BCUT2D eigenvalue weighted by Gasteiger charge is 2.28. The summed E-state index contributed by atoms with van der Waals surface area (Å²) in [6.07, 6.45) is 1.95. The van der Waals surface area contributed by atoms with E-state index in [1.807, 2.05) is 4.90 Å². The van der Waals surface area contributed by atoms with Gasteiger partial charge in [-0.3, -0.25) is 9.59 Å². The number of nitrogens with zero attached hydrogens (tertiary/aromatic N) is 1. The quantitative estimate of drug-likeness (QED) is 0.0793. The third kappa shape index (κ3) is 10.5. The molecule has 1 saturated heterocycles. The molecule has 0 spiro atoms. The molecule has 0 unspecified atom stereocenters. The molecule has 0 radical (unpaired) electrons. The van der Waals surface area contributed by atoms with Gasteiger partial charge in [-0.15, -0.1) is 0 Å². The lowest BCUT2D eigenvalue weighted by Gasteiger charge is -2.30. The van der Waals surface area contributed by atoms with E-state index in [-0.39, 0.29) is 32.3 Å². The number of halogens is 5. The lowest BCUT2D eigenvalue weighted by atomic mass is 9.99. The van der Waals surface area contributed by atoms with Gasteiger partial charge in [0.2, 0.25) is 40.7 Å². The highest BCUT2D eigenvalue weighted by atomic mass is 19.2. The minimum absolute atomic E-state index is 0.0862. The van der Waals surface area contributed by atoms with Crippen LogP contribution >= 0.6 is 0 Å². The molecule has 1 aliphatic heterocycles. The average molecular weight is 542 g/mol.